The van der Waals surface area contributed by atoms with Gasteiger partial charge in [-0.2, -0.15) is 0 Å². The second-order valence-electron chi connectivity index (χ2n) is 6.91. The van der Waals surface area contributed by atoms with E-state index < -0.39 is 0 Å². The molecule has 0 radical (unpaired) electrons. The molecule has 0 atom stereocenters. The van der Waals surface area contributed by atoms with E-state index in [0.717, 1.165) is 35.6 Å². The molecule has 132 valence electrons. The third kappa shape index (κ3) is 3.38. The van der Waals surface area contributed by atoms with Gasteiger partial charge in [-0.25, -0.2) is 4.98 Å². The molecule has 0 aliphatic carbocycles. The summed E-state index contributed by atoms with van der Waals surface area (Å²) in [4.78, 5) is 23.7. The summed E-state index contributed by atoms with van der Waals surface area (Å²) in [5.41, 5.74) is 2.97. The van der Waals surface area contributed by atoms with Crippen molar-refractivity contribution in [2.45, 2.75) is 19.8 Å². The van der Waals surface area contributed by atoms with Crippen LogP contribution in [0.15, 0.2) is 54.9 Å². The number of fused-ring (bicyclic) bond motifs is 1. The zero-order valence-corrected chi connectivity index (χ0v) is 14.9. The Morgan fingerprint density at radius 3 is 2.65 bits per heavy atom. The highest BCUT2D eigenvalue weighted by Gasteiger charge is 2.17. The fraction of sp³-hybridized carbons (Fsp3) is 0.286. The standard InChI is InChI=1S/C21H22N4O/c1-15-9-12-25(13-10-15)17-7-8-19(23-14-17)21(26)24-18-6-2-4-16-5-3-11-22-20(16)18/h2-8,11,14-15H,9-10,12-13H2,1H3,(H,24,26). The first kappa shape index (κ1) is 16.5. The van der Waals surface area contributed by atoms with Gasteiger partial charge in [0.2, 0.25) is 0 Å². The molecule has 0 saturated carbocycles. The Morgan fingerprint density at radius 1 is 1.08 bits per heavy atom. The third-order valence-electron chi connectivity index (χ3n) is 5.01. The number of anilines is 2. The molecule has 0 spiro atoms. The lowest BCUT2D eigenvalue weighted by Gasteiger charge is -2.31. The van der Waals surface area contributed by atoms with E-state index in [0.29, 0.717) is 11.4 Å². The first-order valence-electron chi connectivity index (χ1n) is 9.07. The lowest BCUT2D eigenvalue weighted by molar-refractivity contribution is 0.102. The van der Waals surface area contributed by atoms with E-state index in [4.69, 9.17) is 0 Å². The number of hydrogen-bond donors (Lipinski definition) is 1. The van der Waals surface area contributed by atoms with Crippen LogP contribution in [0.5, 0.6) is 0 Å². The van der Waals surface area contributed by atoms with Crippen LogP contribution in [0.25, 0.3) is 10.9 Å². The number of aromatic nitrogens is 2. The van der Waals surface area contributed by atoms with Gasteiger partial charge in [-0.1, -0.05) is 25.1 Å². The molecule has 4 rings (SSSR count). The molecule has 1 N–H and O–H groups in total. The highest BCUT2D eigenvalue weighted by atomic mass is 16.1. The maximum atomic E-state index is 12.6. The van der Waals surface area contributed by atoms with Crippen LogP contribution in [-0.2, 0) is 0 Å². The second-order valence-corrected chi connectivity index (χ2v) is 6.91. The minimum atomic E-state index is -0.220. The summed E-state index contributed by atoms with van der Waals surface area (Å²) < 4.78 is 0. The molecule has 3 aromatic rings. The Hall–Kier alpha value is -2.95. The summed E-state index contributed by atoms with van der Waals surface area (Å²) in [5, 5.41) is 3.92. The van der Waals surface area contributed by atoms with Crippen molar-refractivity contribution >= 4 is 28.2 Å². The minimum Gasteiger partial charge on any atom is -0.370 e. The fourth-order valence-electron chi connectivity index (χ4n) is 3.37. The van der Waals surface area contributed by atoms with Gasteiger partial charge in [0.1, 0.15) is 5.69 Å². The molecular formula is C21H22N4O. The molecule has 1 aliphatic rings. The number of nitrogens with zero attached hydrogens (tertiary/aromatic N) is 3. The first-order chi connectivity index (χ1) is 12.7. The van der Waals surface area contributed by atoms with Crippen LogP contribution in [0.2, 0.25) is 0 Å². The van der Waals surface area contributed by atoms with Gasteiger partial charge in [0.15, 0.2) is 0 Å². The van der Waals surface area contributed by atoms with Crippen molar-refractivity contribution in [1.29, 1.82) is 0 Å². The van der Waals surface area contributed by atoms with Crippen LogP contribution in [-0.4, -0.2) is 29.0 Å². The number of carbonyl (C=O) groups excluding carboxylic acids is 1. The van der Waals surface area contributed by atoms with E-state index in [1.54, 1.807) is 18.5 Å². The number of amides is 1. The number of nitrogens with one attached hydrogen (secondary N) is 1. The highest BCUT2D eigenvalue weighted by Crippen LogP contribution is 2.23. The molecule has 1 saturated heterocycles. The van der Waals surface area contributed by atoms with E-state index >= 15 is 0 Å². The monoisotopic (exact) mass is 346 g/mol. The van der Waals surface area contributed by atoms with Gasteiger partial charge in [-0.15, -0.1) is 0 Å². The Labute approximate surface area is 153 Å². The normalized spacial score (nSPS) is 15.2. The van der Waals surface area contributed by atoms with Crippen molar-refractivity contribution in [2.75, 3.05) is 23.3 Å². The average molecular weight is 346 g/mol. The van der Waals surface area contributed by atoms with Crippen LogP contribution in [0.1, 0.15) is 30.3 Å². The number of carbonyl (C=O) groups is 1. The van der Waals surface area contributed by atoms with Gasteiger partial charge in [0.05, 0.1) is 23.1 Å². The van der Waals surface area contributed by atoms with Crippen molar-refractivity contribution in [3.63, 3.8) is 0 Å². The maximum absolute atomic E-state index is 12.6. The van der Waals surface area contributed by atoms with E-state index in [1.807, 2.05) is 36.4 Å². The predicted molar refractivity (Wildman–Crippen MR) is 105 cm³/mol. The average Bonchev–Trinajstić information content (AvgIpc) is 2.69. The smallest absolute Gasteiger partial charge is 0.274 e. The predicted octanol–water partition coefficient (Wildman–Crippen LogP) is 4.12. The van der Waals surface area contributed by atoms with Crippen LogP contribution in [0, 0.1) is 5.92 Å². The Bertz CT molecular complexity index is 909. The molecule has 5 heteroatoms. The Balaban J connectivity index is 1.50. The van der Waals surface area contributed by atoms with Crippen LogP contribution in [0.3, 0.4) is 0 Å². The summed E-state index contributed by atoms with van der Waals surface area (Å²) in [5.74, 6) is 0.570. The first-order valence-corrected chi connectivity index (χ1v) is 9.07. The molecule has 1 amide bonds. The zero-order valence-electron chi connectivity index (χ0n) is 14.9. The number of hydrogen-bond acceptors (Lipinski definition) is 4. The minimum absolute atomic E-state index is 0.220. The number of rotatable bonds is 3. The summed E-state index contributed by atoms with van der Waals surface area (Å²) in [6.45, 7) is 4.40. The molecule has 5 nitrogen and oxygen atoms in total. The van der Waals surface area contributed by atoms with Crippen LogP contribution >= 0.6 is 0 Å². The molecule has 0 bridgehead atoms. The van der Waals surface area contributed by atoms with Gasteiger partial charge in [-0.05, 0) is 43.0 Å². The lowest BCUT2D eigenvalue weighted by atomic mass is 9.99. The van der Waals surface area contributed by atoms with Gasteiger partial charge < -0.3 is 10.2 Å². The molecule has 3 heterocycles. The van der Waals surface area contributed by atoms with Gasteiger partial charge in [0, 0.05) is 24.7 Å². The van der Waals surface area contributed by atoms with Crippen molar-refractivity contribution in [3.8, 4) is 0 Å². The fourth-order valence-corrected chi connectivity index (χ4v) is 3.37. The molecule has 1 aliphatic heterocycles. The lowest BCUT2D eigenvalue weighted by Crippen LogP contribution is -2.32. The van der Waals surface area contributed by atoms with Crippen LogP contribution < -0.4 is 10.2 Å². The summed E-state index contributed by atoms with van der Waals surface area (Å²) >= 11 is 0. The number of piperidine rings is 1. The van der Waals surface area contributed by atoms with E-state index in [9.17, 15) is 4.79 Å². The van der Waals surface area contributed by atoms with Gasteiger partial charge in [-0.3, -0.25) is 9.78 Å². The third-order valence-corrected chi connectivity index (χ3v) is 5.01. The molecule has 26 heavy (non-hydrogen) atoms. The second kappa shape index (κ2) is 7.12. The van der Waals surface area contributed by atoms with E-state index in [1.165, 1.54) is 12.8 Å². The summed E-state index contributed by atoms with van der Waals surface area (Å²) in [7, 11) is 0. The topological polar surface area (TPSA) is 58.1 Å². The Kier molecular flexibility index (Phi) is 4.52. The van der Waals surface area contributed by atoms with Crippen molar-refractivity contribution in [3.05, 3.63) is 60.6 Å². The maximum Gasteiger partial charge on any atom is 0.274 e. The number of para-hydroxylation sites is 1. The zero-order chi connectivity index (χ0) is 17.9. The highest BCUT2D eigenvalue weighted by molar-refractivity contribution is 6.07. The quantitative estimate of drug-likeness (QED) is 0.775. The summed E-state index contributed by atoms with van der Waals surface area (Å²) in [6.07, 6.45) is 5.93. The van der Waals surface area contributed by atoms with Gasteiger partial charge in [0.25, 0.3) is 5.91 Å². The Morgan fingerprint density at radius 2 is 1.88 bits per heavy atom. The van der Waals surface area contributed by atoms with Crippen molar-refractivity contribution in [1.82, 2.24) is 9.97 Å². The molecular weight excluding hydrogens is 324 g/mol. The number of pyridine rings is 2. The molecule has 2 aromatic heterocycles. The molecule has 1 aromatic carbocycles. The SMILES string of the molecule is CC1CCN(c2ccc(C(=O)Nc3cccc4cccnc34)nc2)CC1. The largest absolute Gasteiger partial charge is 0.370 e. The van der Waals surface area contributed by atoms with Crippen molar-refractivity contribution in [2.24, 2.45) is 5.92 Å². The van der Waals surface area contributed by atoms with E-state index in [2.05, 4.69) is 27.1 Å². The van der Waals surface area contributed by atoms with E-state index in [-0.39, 0.29) is 5.91 Å². The number of benzene rings is 1. The molecule has 0 unspecified atom stereocenters. The molecule has 1 fully saturated rings. The van der Waals surface area contributed by atoms with Gasteiger partial charge >= 0.3 is 0 Å². The van der Waals surface area contributed by atoms with Crippen molar-refractivity contribution < 1.29 is 4.79 Å². The van der Waals surface area contributed by atoms with Crippen LogP contribution in [0.4, 0.5) is 11.4 Å². The summed E-state index contributed by atoms with van der Waals surface area (Å²) in [6, 6.07) is 13.4.